The molecular formula is C11H16N6S. The summed E-state index contributed by atoms with van der Waals surface area (Å²) in [4.78, 5) is 13.4. The maximum absolute atomic E-state index is 5.44. The van der Waals surface area contributed by atoms with Crippen LogP contribution in [0.1, 0.15) is 4.88 Å². The average Bonchev–Trinajstić information content (AvgIpc) is 2.78. The number of aromatic nitrogens is 2. The Balaban J connectivity index is 2.12. The third-order valence-corrected chi connectivity index (χ3v) is 3.99. The lowest BCUT2D eigenvalue weighted by atomic mass is 10.3. The van der Waals surface area contributed by atoms with Crippen molar-refractivity contribution in [3.8, 4) is 0 Å². The van der Waals surface area contributed by atoms with E-state index in [1.807, 2.05) is 0 Å². The fourth-order valence-corrected chi connectivity index (χ4v) is 3.08. The van der Waals surface area contributed by atoms with Crippen molar-refractivity contribution in [2.75, 3.05) is 36.5 Å². The van der Waals surface area contributed by atoms with E-state index < -0.39 is 0 Å². The number of hydrogen-bond donors (Lipinski definition) is 3. The van der Waals surface area contributed by atoms with Crippen molar-refractivity contribution in [2.24, 2.45) is 5.84 Å². The van der Waals surface area contributed by atoms with E-state index in [-0.39, 0.29) is 0 Å². The number of fused-ring (bicyclic) bond motifs is 1. The van der Waals surface area contributed by atoms with Gasteiger partial charge >= 0.3 is 0 Å². The van der Waals surface area contributed by atoms with Gasteiger partial charge in [0.25, 0.3) is 0 Å². The Morgan fingerprint density at radius 3 is 2.89 bits per heavy atom. The van der Waals surface area contributed by atoms with Crippen LogP contribution < -0.4 is 21.5 Å². The molecule has 2 aromatic heterocycles. The summed E-state index contributed by atoms with van der Waals surface area (Å²) in [5, 5.41) is 4.47. The van der Waals surface area contributed by atoms with Gasteiger partial charge in [0.2, 0.25) is 5.95 Å². The molecule has 6 nitrogen and oxygen atoms in total. The van der Waals surface area contributed by atoms with E-state index in [2.05, 4.69) is 38.6 Å². The maximum Gasteiger partial charge on any atom is 0.240 e. The van der Waals surface area contributed by atoms with Gasteiger partial charge in [-0.05, 0) is 13.0 Å². The van der Waals surface area contributed by atoms with Crippen LogP contribution in [-0.4, -0.2) is 36.1 Å². The van der Waals surface area contributed by atoms with Crippen molar-refractivity contribution in [3.63, 3.8) is 0 Å². The van der Waals surface area contributed by atoms with E-state index in [0.29, 0.717) is 5.95 Å². The number of nitrogen functional groups attached to an aromatic ring is 1. The van der Waals surface area contributed by atoms with Gasteiger partial charge in [-0.15, -0.1) is 11.3 Å². The molecule has 0 saturated carbocycles. The van der Waals surface area contributed by atoms with Gasteiger partial charge in [-0.2, -0.15) is 4.98 Å². The quantitative estimate of drug-likeness (QED) is 0.547. The maximum atomic E-state index is 5.44. The van der Waals surface area contributed by atoms with Gasteiger partial charge in [0.15, 0.2) is 0 Å². The number of hydrogen-bond acceptors (Lipinski definition) is 7. The van der Waals surface area contributed by atoms with Crippen molar-refractivity contribution in [1.29, 1.82) is 0 Å². The molecule has 0 unspecified atom stereocenters. The van der Waals surface area contributed by atoms with Gasteiger partial charge in [-0.25, -0.2) is 10.8 Å². The lowest BCUT2D eigenvalue weighted by Crippen LogP contribution is -2.44. The van der Waals surface area contributed by atoms with Crippen LogP contribution in [0, 0.1) is 6.92 Å². The molecule has 18 heavy (non-hydrogen) atoms. The number of anilines is 2. The Kier molecular flexibility index (Phi) is 3.02. The first-order chi connectivity index (χ1) is 8.78. The van der Waals surface area contributed by atoms with E-state index in [4.69, 9.17) is 5.84 Å². The molecule has 0 amide bonds. The van der Waals surface area contributed by atoms with E-state index in [9.17, 15) is 0 Å². The Bertz CT molecular complexity index is 560. The second-order valence-electron chi connectivity index (χ2n) is 4.33. The number of hydrazine groups is 1. The molecule has 0 radical (unpaired) electrons. The monoisotopic (exact) mass is 264 g/mol. The van der Waals surface area contributed by atoms with Gasteiger partial charge < -0.3 is 10.2 Å². The van der Waals surface area contributed by atoms with Crippen molar-refractivity contribution in [2.45, 2.75) is 6.92 Å². The molecule has 1 fully saturated rings. The molecule has 0 aliphatic carbocycles. The summed E-state index contributed by atoms with van der Waals surface area (Å²) in [7, 11) is 0. The minimum Gasteiger partial charge on any atom is -0.353 e. The second-order valence-corrected chi connectivity index (χ2v) is 5.56. The molecule has 1 aliphatic rings. The number of thiophene rings is 1. The zero-order chi connectivity index (χ0) is 12.5. The second kappa shape index (κ2) is 4.68. The fraction of sp³-hybridized carbons (Fsp3) is 0.455. The van der Waals surface area contributed by atoms with Crippen LogP contribution in [0.5, 0.6) is 0 Å². The summed E-state index contributed by atoms with van der Waals surface area (Å²) >= 11 is 1.67. The fourth-order valence-electron chi connectivity index (χ4n) is 2.21. The van der Waals surface area contributed by atoms with Gasteiger partial charge in [0.1, 0.15) is 10.6 Å². The molecule has 0 bridgehead atoms. The van der Waals surface area contributed by atoms with Gasteiger partial charge in [0, 0.05) is 31.1 Å². The number of rotatable bonds is 2. The zero-order valence-electron chi connectivity index (χ0n) is 10.2. The molecule has 1 saturated heterocycles. The summed E-state index contributed by atoms with van der Waals surface area (Å²) in [6.07, 6.45) is 0. The van der Waals surface area contributed by atoms with Crippen LogP contribution in [-0.2, 0) is 0 Å². The van der Waals surface area contributed by atoms with Crippen molar-refractivity contribution < 1.29 is 0 Å². The molecule has 0 atom stereocenters. The summed E-state index contributed by atoms with van der Waals surface area (Å²) < 4.78 is 0. The summed E-state index contributed by atoms with van der Waals surface area (Å²) in [6, 6.07) is 2.15. The van der Waals surface area contributed by atoms with Crippen LogP contribution in [0.3, 0.4) is 0 Å². The Morgan fingerprint density at radius 1 is 1.39 bits per heavy atom. The highest BCUT2D eigenvalue weighted by atomic mass is 32.1. The van der Waals surface area contributed by atoms with Crippen LogP contribution in [0.2, 0.25) is 0 Å². The zero-order valence-corrected chi connectivity index (χ0v) is 11.0. The first-order valence-electron chi connectivity index (χ1n) is 5.98. The van der Waals surface area contributed by atoms with Crippen LogP contribution in [0.25, 0.3) is 10.2 Å². The smallest absolute Gasteiger partial charge is 0.240 e. The molecule has 0 spiro atoms. The molecule has 4 N–H and O–H groups in total. The molecule has 1 aliphatic heterocycles. The predicted octanol–water partition coefficient (Wildman–Crippen LogP) is 0.695. The first-order valence-corrected chi connectivity index (χ1v) is 6.80. The summed E-state index contributed by atoms with van der Waals surface area (Å²) in [5.41, 5.74) is 2.55. The highest BCUT2D eigenvalue weighted by Crippen LogP contribution is 2.31. The number of nitrogens with one attached hydrogen (secondary N) is 2. The normalized spacial score (nSPS) is 16.2. The van der Waals surface area contributed by atoms with Crippen LogP contribution >= 0.6 is 11.3 Å². The molecule has 3 rings (SSSR count). The van der Waals surface area contributed by atoms with Crippen molar-refractivity contribution in [1.82, 2.24) is 15.3 Å². The average molecular weight is 264 g/mol. The van der Waals surface area contributed by atoms with E-state index in [0.717, 1.165) is 42.2 Å². The van der Waals surface area contributed by atoms with E-state index in [1.54, 1.807) is 11.3 Å². The molecule has 0 aromatic carbocycles. The number of nitrogens with zero attached hydrogens (tertiary/aromatic N) is 3. The number of aryl methyl sites for hydroxylation is 1. The highest BCUT2D eigenvalue weighted by Gasteiger charge is 2.17. The number of piperazine rings is 1. The van der Waals surface area contributed by atoms with Crippen LogP contribution in [0.15, 0.2) is 6.07 Å². The standard InChI is InChI=1S/C11H16N6S/c1-7-6-8-9(17-4-2-13-3-5-17)14-11(16-12)15-10(8)18-7/h6,13H,2-5,12H2,1H3,(H,14,15,16). The lowest BCUT2D eigenvalue weighted by molar-refractivity contribution is 0.586. The topological polar surface area (TPSA) is 79.1 Å². The molecule has 7 heteroatoms. The third-order valence-electron chi connectivity index (χ3n) is 3.04. The summed E-state index contributed by atoms with van der Waals surface area (Å²) in [6.45, 7) is 5.99. The largest absolute Gasteiger partial charge is 0.353 e. The Morgan fingerprint density at radius 2 is 2.17 bits per heavy atom. The lowest BCUT2D eigenvalue weighted by Gasteiger charge is -2.29. The first kappa shape index (κ1) is 11.6. The molecular weight excluding hydrogens is 248 g/mol. The highest BCUT2D eigenvalue weighted by molar-refractivity contribution is 7.18. The molecule has 2 aromatic rings. The number of nitrogens with two attached hydrogens (primary N) is 1. The third kappa shape index (κ3) is 2.00. The molecule has 96 valence electrons. The van der Waals surface area contributed by atoms with Crippen molar-refractivity contribution >= 4 is 33.3 Å². The molecule has 3 heterocycles. The van der Waals surface area contributed by atoms with Gasteiger partial charge in [-0.1, -0.05) is 0 Å². The predicted molar refractivity (Wildman–Crippen MR) is 75.0 cm³/mol. The SMILES string of the molecule is Cc1cc2c(N3CCNCC3)nc(NN)nc2s1. The van der Waals surface area contributed by atoms with Crippen molar-refractivity contribution in [3.05, 3.63) is 10.9 Å². The van der Waals surface area contributed by atoms with E-state index in [1.165, 1.54) is 4.88 Å². The summed E-state index contributed by atoms with van der Waals surface area (Å²) in [5.74, 6) is 6.91. The van der Waals surface area contributed by atoms with Gasteiger partial charge in [-0.3, -0.25) is 5.43 Å². The van der Waals surface area contributed by atoms with E-state index >= 15 is 0 Å². The minimum atomic E-state index is 0.484. The minimum absolute atomic E-state index is 0.484. The Labute approximate surface area is 109 Å². The van der Waals surface area contributed by atoms with Crippen LogP contribution in [0.4, 0.5) is 11.8 Å². The van der Waals surface area contributed by atoms with Gasteiger partial charge in [0.05, 0.1) is 5.39 Å². The Hall–Kier alpha value is -1.44.